The third kappa shape index (κ3) is 4.90. The van der Waals surface area contributed by atoms with Crippen LogP contribution in [0.2, 0.25) is 0 Å². The Labute approximate surface area is 219 Å². The van der Waals surface area contributed by atoms with Crippen molar-refractivity contribution in [3.63, 3.8) is 0 Å². The van der Waals surface area contributed by atoms with Crippen molar-refractivity contribution >= 4 is 16.9 Å². The Morgan fingerprint density at radius 2 is 0.892 bits per heavy atom. The predicted molar refractivity (Wildman–Crippen MR) is 158 cm³/mol. The molecule has 6 rings (SSSR count). The van der Waals surface area contributed by atoms with Crippen molar-refractivity contribution < 1.29 is 0 Å². The molecule has 0 atom stereocenters. The summed E-state index contributed by atoms with van der Waals surface area (Å²) in [6, 6.07) is 49.8. The van der Waals surface area contributed by atoms with Gasteiger partial charge >= 0.3 is 0 Å². The van der Waals surface area contributed by atoms with Gasteiger partial charge in [0.05, 0.1) is 0 Å². The highest BCUT2D eigenvalue weighted by Crippen LogP contribution is 2.40. The summed E-state index contributed by atoms with van der Waals surface area (Å²) in [5, 5.41) is 0. The van der Waals surface area contributed by atoms with Gasteiger partial charge in [-0.15, -0.1) is 0 Å². The fraction of sp³-hybridized carbons (Fsp3) is 0.0556. The van der Waals surface area contributed by atoms with E-state index in [1.807, 2.05) is 0 Å². The molecule has 37 heavy (non-hydrogen) atoms. The summed E-state index contributed by atoms with van der Waals surface area (Å²) in [6.07, 6.45) is 6.86. The van der Waals surface area contributed by atoms with E-state index < -0.39 is 0 Å². The van der Waals surface area contributed by atoms with E-state index in [9.17, 15) is 0 Å². The van der Waals surface area contributed by atoms with Gasteiger partial charge in [-0.3, -0.25) is 0 Å². The van der Waals surface area contributed by atoms with Gasteiger partial charge in [0.25, 0.3) is 0 Å². The summed E-state index contributed by atoms with van der Waals surface area (Å²) in [7, 11) is 0. The van der Waals surface area contributed by atoms with Crippen LogP contribution in [-0.4, -0.2) is 0 Å². The van der Waals surface area contributed by atoms with E-state index in [-0.39, 0.29) is 0 Å². The van der Waals surface area contributed by atoms with Gasteiger partial charge in [-0.25, -0.2) is 0 Å². The normalized spacial score (nSPS) is 13.0. The Kier molecular flexibility index (Phi) is 6.51. The average molecular weight is 476 g/mol. The molecule has 1 aliphatic carbocycles. The first-order valence-corrected chi connectivity index (χ1v) is 12.9. The molecule has 0 saturated carbocycles. The van der Waals surface area contributed by atoms with Crippen LogP contribution in [0.15, 0.2) is 157 Å². The van der Waals surface area contributed by atoms with Crippen LogP contribution < -0.4 is 4.90 Å². The highest BCUT2D eigenvalue weighted by Gasteiger charge is 2.21. The molecule has 0 aromatic heterocycles. The first-order chi connectivity index (χ1) is 18.4. The largest absolute Gasteiger partial charge is 0.310 e. The van der Waals surface area contributed by atoms with Gasteiger partial charge in [0.2, 0.25) is 0 Å². The molecule has 0 saturated heterocycles. The summed E-state index contributed by atoms with van der Waals surface area (Å²) in [5.41, 5.74) is 11.0. The third-order valence-corrected chi connectivity index (χ3v) is 6.90. The van der Waals surface area contributed by atoms with Gasteiger partial charge in [-0.05, 0) is 64.9 Å². The number of anilines is 2. The highest BCUT2D eigenvalue weighted by atomic mass is 15.2. The molecule has 0 N–H and O–H groups in total. The molecule has 0 fully saturated rings. The van der Waals surface area contributed by atoms with E-state index in [0.717, 1.165) is 24.2 Å². The summed E-state index contributed by atoms with van der Waals surface area (Å²) in [5.74, 6) is 0. The molecule has 0 bridgehead atoms. The van der Waals surface area contributed by atoms with Gasteiger partial charge in [0.15, 0.2) is 0 Å². The molecule has 0 spiro atoms. The van der Waals surface area contributed by atoms with E-state index in [1.165, 1.54) is 39.1 Å². The molecular formula is C36H29N. The van der Waals surface area contributed by atoms with Gasteiger partial charge < -0.3 is 4.90 Å². The van der Waals surface area contributed by atoms with Crippen molar-refractivity contribution in [3.8, 4) is 22.3 Å². The topological polar surface area (TPSA) is 3.24 Å². The van der Waals surface area contributed by atoms with Crippen molar-refractivity contribution in [2.75, 3.05) is 4.90 Å². The monoisotopic (exact) mass is 475 g/mol. The van der Waals surface area contributed by atoms with Crippen LogP contribution in [-0.2, 0) is 0 Å². The van der Waals surface area contributed by atoms with Crippen LogP contribution in [0.5, 0.6) is 0 Å². The maximum absolute atomic E-state index is 2.42. The second-order valence-corrected chi connectivity index (χ2v) is 9.32. The lowest BCUT2D eigenvalue weighted by molar-refractivity contribution is 1.00. The zero-order valence-electron chi connectivity index (χ0n) is 20.8. The number of hydrogen-bond acceptors (Lipinski definition) is 1. The van der Waals surface area contributed by atoms with Gasteiger partial charge in [-0.2, -0.15) is 0 Å². The van der Waals surface area contributed by atoms with Crippen molar-refractivity contribution in [2.45, 2.75) is 12.8 Å². The summed E-state index contributed by atoms with van der Waals surface area (Å²) >= 11 is 0. The lowest BCUT2D eigenvalue weighted by atomic mass is 9.94. The standard InChI is InChI=1S/C36H29N/c1-4-13-28(14-5-1)30-23-25-33(26-24-30)37(34-20-12-19-32(27-34)29-15-6-2-7-16-29)36-22-11-10-21-35(36)31-17-8-3-9-18-31/h1-9,12-27H,10-11H2. The minimum atomic E-state index is 1.03. The summed E-state index contributed by atoms with van der Waals surface area (Å²) in [4.78, 5) is 2.42. The zero-order chi connectivity index (χ0) is 24.9. The van der Waals surface area contributed by atoms with Crippen LogP contribution in [0.4, 0.5) is 11.4 Å². The second-order valence-electron chi connectivity index (χ2n) is 9.32. The summed E-state index contributed by atoms with van der Waals surface area (Å²) < 4.78 is 0. The van der Waals surface area contributed by atoms with Crippen molar-refractivity contribution in [1.82, 2.24) is 0 Å². The van der Waals surface area contributed by atoms with E-state index in [0.29, 0.717) is 0 Å². The molecule has 1 heteroatoms. The molecule has 1 nitrogen and oxygen atoms in total. The third-order valence-electron chi connectivity index (χ3n) is 6.90. The minimum Gasteiger partial charge on any atom is -0.310 e. The first-order valence-electron chi connectivity index (χ1n) is 12.9. The maximum Gasteiger partial charge on any atom is 0.0497 e. The van der Waals surface area contributed by atoms with Crippen LogP contribution in [0.3, 0.4) is 0 Å². The molecule has 178 valence electrons. The molecule has 0 amide bonds. The van der Waals surface area contributed by atoms with Gasteiger partial charge in [0.1, 0.15) is 0 Å². The number of hydrogen-bond donors (Lipinski definition) is 0. The van der Waals surface area contributed by atoms with Crippen molar-refractivity contribution in [3.05, 3.63) is 163 Å². The molecule has 0 heterocycles. The number of allylic oxidation sites excluding steroid dienone is 3. The summed E-state index contributed by atoms with van der Waals surface area (Å²) in [6.45, 7) is 0. The molecule has 5 aromatic rings. The van der Waals surface area contributed by atoms with Crippen LogP contribution in [0.1, 0.15) is 18.4 Å². The molecular weight excluding hydrogens is 446 g/mol. The van der Waals surface area contributed by atoms with Crippen LogP contribution in [0, 0.1) is 0 Å². The predicted octanol–water partition coefficient (Wildman–Crippen LogP) is 9.92. The van der Waals surface area contributed by atoms with Gasteiger partial charge in [-0.1, -0.05) is 127 Å². The lowest BCUT2D eigenvalue weighted by Gasteiger charge is -2.32. The lowest BCUT2D eigenvalue weighted by Crippen LogP contribution is -2.19. The van der Waals surface area contributed by atoms with E-state index >= 15 is 0 Å². The van der Waals surface area contributed by atoms with E-state index in [1.54, 1.807) is 0 Å². The Morgan fingerprint density at radius 1 is 0.378 bits per heavy atom. The first kappa shape index (κ1) is 22.8. The second kappa shape index (κ2) is 10.6. The number of rotatable bonds is 6. The van der Waals surface area contributed by atoms with Crippen LogP contribution >= 0.6 is 0 Å². The Bertz CT molecular complexity index is 1530. The quantitative estimate of drug-likeness (QED) is 0.236. The number of nitrogens with zero attached hydrogens (tertiary/aromatic N) is 1. The average Bonchev–Trinajstić information content (AvgIpc) is 2.99. The zero-order valence-corrected chi connectivity index (χ0v) is 20.8. The molecule has 1 aliphatic rings. The molecule has 0 unspecified atom stereocenters. The van der Waals surface area contributed by atoms with Gasteiger partial charge in [0, 0.05) is 22.6 Å². The van der Waals surface area contributed by atoms with Crippen LogP contribution in [0.25, 0.3) is 27.8 Å². The van der Waals surface area contributed by atoms with E-state index in [2.05, 4.69) is 157 Å². The Hall–Kier alpha value is -4.62. The molecule has 0 aliphatic heterocycles. The SMILES string of the molecule is C1=C(c2ccccc2)C(N(c2ccc(-c3ccccc3)cc2)c2cccc(-c3ccccc3)c2)=CCC1. The minimum absolute atomic E-state index is 1.03. The fourth-order valence-electron chi connectivity index (χ4n) is 5.07. The molecule has 0 radical (unpaired) electrons. The Morgan fingerprint density at radius 3 is 1.54 bits per heavy atom. The van der Waals surface area contributed by atoms with Crippen molar-refractivity contribution in [1.29, 1.82) is 0 Å². The smallest absolute Gasteiger partial charge is 0.0497 e. The maximum atomic E-state index is 2.42. The Balaban J connectivity index is 1.47. The number of benzene rings is 5. The van der Waals surface area contributed by atoms with Crippen molar-refractivity contribution in [2.24, 2.45) is 0 Å². The van der Waals surface area contributed by atoms with E-state index in [4.69, 9.17) is 0 Å². The fourth-order valence-corrected chi connectivity index (χ4v) is 5.07. The molecule has 5 aromatic carbocycles. The highest BCUT2D eigenvalue weighted by molar-refractivity contribution is 5.89.